The molecule has 0 bridgehead atoms. The zero-order valence-corrected chi connectivity index (χ0v) is 24.0. The summed E-state index contributed by atoms with van der Waals surface area (Å²) in [6, 6.07) is 0. The van der Waals surface area contributed by atoms with E-state index in [1.807, 2.05) is 0 Å². The fourth-order valence-corrected chi connectivity index (χ4v) is 0. The van der Waals surface area contributed by atoms with Crippen LogP contribution in [0.5, 0.6) is 0 Å². The van der Waals surface area contributed by atoms with Crippen molar-refractivity contribution in [1.29, 1.82) is 0 Å². The quantitative estimate of drug-likeness (QED) is 0.284. The van der Waals surface area contributed by atoms with Crippen LogP contribution in [0.3, 0.4) is 0 Å². The SMILES string of the molecule is [Cl][Pt-2]([Cl])([Cl])([Cl])([Cl])[Cl].[Cs+].[Cs+]. The molecular weight excluding hydrogens is 674 g/mol. The van der Waals surface area contributed by atoms with Crippen molar-refractivity contribution < 1.29 is 145 Å². The van der Waals surface area contributed by atoms with E-state index in [-0.39, 0.29) is 138 Å². The summed E-state index contributed by atoms with van der Waals surface area (Å²) in [5.74, 6) is 0. The van der Waals surface area contributed by atoms with Crippen LogP contribution in [0.2, 0.25) is 0 Å². The molecule has 0 radical (unpaired) electrons. The number of halogens is 6. The summed E-state index contributed by atoms with van der Waals surface area (Å²) in [6.07, 6.45) is 0. The van der Waals surface area contributed by atoms with Crippen molar-refractivity contribution in [2.24, 2.45) is 0 Å². The van der Waals surface area contributed by atoms with Crippen LogP contribution in [-0.2, 0) is 7.31 Å². The van der Waals surface area contributed by atoms with Gasteiger partial charge in [0.25, 0.3) is 0 Å². The average Bonchev–Trinajstić information content (AvgIpc) is 0.592. The maximum Gasteiger partial charge on any atom is 1.00 e. The molecule has 0 aliphatic heterocycles. The summed E-state index contributed by atoms with van der Waals surface area (Å²) in [7, 11) is 25.0. The molecule has 54 valence electrons. The Hall–Kier alpha value is 6.53. The van der Waals surface area contributed by atoms with Gasteiger partial charge in [-0.1, -0.05) is 0 Å². The smallest absolute Gasteiger partial charge is 1.00 e. The molecule has 0 amide bonds. The van der Waals surface area contributed by atoms with E-state index in [1.54, 1.807) is 0 Å². The molecule has 0 aliphatic rings. The van der Waals surface area contributed by atoms with E-state index in [9.17, 15) is 0 Å². The Kier molecular flexibility index (Phi) is 13.3. The van der Waals surface area contributed by atoms with Crippen LogP contribution >= 0.6 is 56.5 Å². The van der Waals surface area contributed by atoms with Crippen molar-refractivity contribution in [3.63, 3.8) is 0 Å². The number of hydrogen-bond donors (Lipinski definition) is 0. The maximum absolute atomic E-state index is 5.29. The minimum absolute atomic E-state index is 0. The first-order valence-electron chi connectivity index (χ1n) is 0.717. The summed E-state index contributed by atoms with van der Waals surface area (Å²) in [4.78, 5) is 0. The predicted octanol–water partition coefficient (Wildman–Crippen LogP) is -1.86. The second-order valence-corrected chi connectivity index (χ2v) is 49.9. The fourth-order valence-electron chi connectivity index (χ4n) is 0. The van der Waals surface area contributed by atoms with Crippen molar-refractivity contribution in [2.75, 3.05) is 0 Å². The fraction of sp³-hybridized carbons (Fsp3) is 0. The normalized spacial score (nSPS) is 18.0. The van der Waals surface area contributed by atoms with Gasteiger partial charge in [0.1, 0.15) is 0 Å². The summed E-state index contributed by atoms with van der Waals surface area (Å²) in [5, 5.41) is 0. The third-order valence-corrected chi connectivity index (χ3v) is 0. The molecule has 0 atom stereocenters. The first kappa shape index (κ1) is 20.9. The Morgan fingerprint density at radius 3 is 0.556 bits per heavy atom. The first-order chi connectivity index (χ1) is 2.45. The molecule has 0 saturated carbocycles. The molecule has 0 aromatic carbocycles. The van der Waals surface area contributed by atoms with Crippen LogP contribution in [0.25, 0.3) is 0 Å². The molecule has 0 aromatic heterocycles. The average molecular weight is 674 g/mol. The maximum atomic E-state index is 5.05. The van der Waals surface area contributed by atoms with Crippen LogP contribution in [-0.4, -0.2) is 0 Å². The summed E-state index contributed by atoms with van der Waals surface area (Å²) >= 11 is 0. The summed E-state index contributed by atoms with van der Waals surface area (Å²) in [6.45, 7) is 0. The van der Waals surface area contributed by atoms with Crippen molar-refractivity contribution in [2.45, 2.75) is 0 Å². The van der Waals surface area contributed by atoms with Gasteiger partial charge in [-0.3, -0.25) is 0 Å². The summed E-state index contributed by atoms with van der Waals surface area (Å²) < 4.78 is 0. The van der Waals surface area contributed by atoms with Crippen LogP contribution in [0.15, 0.2) is 0 Å². The van der Waals surface area contributed by atoms with E-state index >= 15 is 0 Å². The van der Waals surface area contributed by atoms with Gasteiger partial charge >= 0.3 is 202 Å². The Bertz CT molecular complexity index is 69.6. The Morgan fingerprint density at radius 1 is 0.556 bits per heavy atom. The number of hydrogen-bond acceptors (Lipinski definition) is 0. The zero-order chi connectivity index (χ0) is 6.41. The molecule has 0 aromatic rings. The minimum Gasteiger partial charge on any atom is 1.00 e. The van der Waals surface area contributed by atoms with Gasteiger partial charge < -0.3 is 0 Å². The van der Waals surface area contributed by atoms with Gasteiger partial charge in [0.2, 0.25) is 0 Å². The van der Waals surface area contributed by atoms with Crippen molar-refractivity contribution >= 4 is 56.5 Å². The standard InChI is InChI=1S/6ClH.2Cs.Pt/h6*1H;;;/q;;;;;;2*+1;+4/p-6. The van der Waals surface area contributed by atoms with Gasteiger partial charge in [-0.2, -0.15) is 0 Å². The van der Waals surface area contributed by atoms with Crippen LogP contribution in [0.4, 0.5) is 0 Å². The van der Waals surface area contributed by atoms with Crippen molar-refractivity contribution in [3.8, 4) is 0 Å². The monoisotopic (exact) mass is 671 g/mol. The number of rotatable bonds is 0. The van der Waals surface area contributed by atoms with E-state index in [0.717, 1.165) is 0 Å². The van der Waals surface area contributed by atoms with Crippen LogP contribution < -0.4 is 138 Å². The molecule has 0 rings (SSSR count). The second kappa shape index (κ2) is 5.74. The van der Waals surface area contributed by atoms with E-state index in [1.165, 1.54) is 0 Å². The molecule has 9 heavy (non-hydrogen) atoms. The third kappa shape index (κ3) is 53.5. The molecule has 0 saturated heterocycles. The van der Waals surface area contributed by atoms with Gasteiger partial charge in [0, 0.05) is 0 Å². The molecular formula is Cl6Cs2Pt. The predicted molar refractivity (Wildman–Crippen MR) is 35.1 cm³/mol. The Labute approximate surface area is 194 Å². The van der Waals surface area contributed by atoms with Gasteiger partial charge in [-0.05, 0) is 0 Å². The van der Waals surface area contributed by atoms with E-state index < -0.39 is 7.31 Å². The topological polar surface area (TPSA) is 0 Å². The summed E-state index contributed by atoms with van der Waals surface area (Å²) in [5.41, 5.74) is 0. The third-order valence-electron chi connectivity index (χ3n) is 0. The van der Waals surface area contributed by atoms with E-state index in [0.29, 0.717) is 0 Å². The van der Waals surface area contributed by atoms with Gasteiger partial charge in [0.15, 0.2) is 0 Å². The van der Waals surface area contributed by atoms with Gasteiger partial charge in [0.05, 0.1) is 0 Å². The Balaban J connectivity index is -0.000000180. The molecule has 0 N–H and O–H groups in total. The molecule has 0 aliphatic carbocycles. The molecule has 0 spiro atoms. The molecule has 0 heterocycles. The zero-order valence-electron chi connectivity index (χ0n) is 4.58. The Morgan fingerprint density at radius 2 is 0.556 bits per heavy atom. The van der Waals surface area contributed by atoms with Crippen LogP contribution in [0.1, 0.15) is 0 Å². The van der Waals surface area contributed by atoms with Gasteiger partial charge in [-0.15, -0.1) is 0 Å². The van der Waals surface area contributed by atoms with Crippen molar-refractivity contribution in [1.82, 2.24) is 0 Å². The van der Waals surface area contributed by atoms with Crippen molar-refractivity contribution in [3.05, 3.63) is 0 Å². The molecule has 0 fully saturated rings. The van der Waals surface area contributed by atoms with Crippen LogP contribution in [0, 0.1) is 0 Å². The second-order valence-electron chi connectivity index (χ2n) is 0.678. The molecule has 9 heteroatoms. The molecule has 0 unspecified atom stereocenters. The largest absolute Gasteiger partial charge is 1.00 e. The van der Waals surface area contributed by atoms with Gasteiger partial charge in [-0.25, -0.2) is 0 Å². The minimum atomic E-state index is -5.29. The van der Waals surface area contributed by atoms with E-state index in [4.69, 9.17) is 56.5 Å². The van der Waals surface area contributed by atoms with E-state index in [2.05, 4.69) is 0 Å². The molecule has 0 nitrogen and oxygen atoms in total. The first-order valence-corrected chi connectivity index (χ1v) is 17.6.